The third-order valence-electron chi connectivity index (χ3n) is 3.66. The first-order valence-corrected chi connectivity index (χ1v) is 9.41. The molecule has 2 aromatic rings. The summed E-state index contributed by atoms with van der Waals surface area (Å²) in [5.74, 6) is -0.839. The summed E-state index contributed by atoms with van der Waals surface area (Å²) in [5.41, 5.74) is 0.364. The number of nitrogens with one attached hydrogen (secondary N) is 2. The van der Waals surface area contributed by atoms with Crippen LogP contribution in [0.4, 0.5) is 5.69 Å². The fourth-order valence-corrected chi connectivity index (χ4v) is 3.37. The highest BCUT2D eigenvalue weighted by Gasteiger charge is 2.20. The number of methoxy groups -OCH3 is 2. The molecule has 1 atom stereocenters. The highest BCUT2D eigenvalue weighted by Crippen LogP contribution is 2.26. The molecule has 0 aliphatic carbocycles. The molecule has 2 aromatic carbocycles. The van der Waals surface area contributed by atoms with Gasteiger partial charge in [-0.1, -0.05) is 18.2 Å². The van der Waals surface area contributed by atoms with Crippen LogP contribution in [0.15, 0.2) is 53.4 Å². The van der Waals surface area contributed by atoms with Crippen LogP contribution >= 0.6 is 0 Å². The highest BCUT2D eigenvalue weighted by atomic mass is 32.2. The number of hydrogen-bond donors (Lipinski definition) is 2. The average Bonchev–Trinajstić information content (AvgIpc) is 2.67. The molecule has 0 unspecified atom stereocenters. The molecule has 0 heterocycles. The Labute approximate surface area is 157 Å². The molecule has 2 rings (SSSR count). The standard InChI is InChI=1S/C18H20N2O6S/c1-12(18(22)26-3)19-17(21)13-7-6-8-14(11-13)27(23,24)20-15-9-4-5-10-16(15)25-2/h4-12,20H,1-3H3,(H,19,21)/t12-/m0/s1. The second-order valence-electron chi connectivity index (χ2n) is 5.55. The van der Waals surface area contributed by atoms with Crippen molar-refractivity contribution >= 4 is 27.6 Å². The highest BCUT2D eigenvalue weighted by molar-refractivity contribution is 7.92. The van der Waals surface area contributed by atoms with Crippen LogP contribution in [0.1, 0.15) is 17.3 Å². The van der Waals surface area contributed by atoms with Crippen LogP contribution in [0.5, 0.6) is 5.75 Å². The minimum absolute atomic E-state index is 0.0913. The number of carbonyl (C=O) groups excluding carboxylic acids is 2. The van der Waals surface area contributed by atoms with Gasteiger partial charge in [0.25, 0.3) is 15.9 Å². The predicted molar refractivity (Wildman–Crippen MR) is 99.2 cm³/mol. The number of esters is 1. The van der Waals surface area contributed by atoms with Crippen LogP contribution in [0.25, 0.3) is 0 Å². The van der Waals surface area contributed by atoms with Gasteiger partial charge in [0.1, 0.15) is 11.8 Å². The monoisotopic (exact) mass is 392 g/mol. The van der Waals surface area contributed by atoms with Gasteiger partial charge < -0.3 is 14.8 Å². The van der Waals surface area contributed by atoms with Gasteiger partial charge in [-0.2, -0.15) is 0 Å². The van der Waals surface area contributed by atoms with Crippen molar-refractivity contribution in [1.82, 2.24) is 5.32 Å². The maximum Gasteiger partial charge on any atom is 0.328 e. The van der Waals surface area contributed by atoms with E-state index in [1.54, 1.807) is 24.3 Å². The first-order chi connectivity index (χ1) is 12.8. The minimum atomic E-state index is -3.95. The molecule has 0 aliphatic rings. The lowest BCUT2D eigenvalue weighted by Crippen LogP contribution is -2.39. The number of para-hydroxylation sites is 2. The summed E-state index contributed by atoms with van der Waals surface area (Å²) in [6.45, 7) is 1.47. The number of hydrogen-bond acceptors (Lipinski definition) is 6. The van der Waals surface area contributed by atoms with Crippen molar-refractivity contribution in [2.75, 3.05) is 18.9 Å². The maximum atomic E-state index is 12.6. The van der Waals surface area contributed by atoms with Crippen LogP contribution in [0.2, 0.25) is 0 Å². The summed E-state index contributed by atoms with van der Waals surface area (Å²) in [6, 6.07) is 11.2. The fourth-order valence-electron chi connectivity index (χ4n) is 2.25. The van der Waals surface area contributed by atoms with E-state index in [4.69, 9.17) is 4.74 Å². The fraction of sp³-hybridized carbons (Fsp3) is 0.222. The Morgan fingerprint density at radius 1 is 1.04 bits per heavy atom. The molecule has 2 N–H and O–H groups in total. The van der Waals surface area contributed by atoms with Crippen LogP contribution in [0.3, 0.4) is 0 Å². The van der Waals surface area contributed by atoms with Crippen molar-refractivity contribution < 1.29 is 27.5 Å². The Bertz CT molecular complexity index is 942. The Balaban J connectivity index is 2.25. The van der Waals surface area contributed by atoms with Gasteiger partial charge >= 0.3 is 5.97 Å². The Morgan fingerprint density at radius 2 is 1.74 bits per heavy atom. The van der Waals surface area contributed by atoms with E-state index >= 15 is 0 Å². The lowest BCUT2D eigenvalue weighted by atomic mass is 10.2. The van der Waals surface area contributed by atoms with Crippen LogP contribution in [-0.2, 0) is 19.6 Å². The lowest BCUT2D eigenvalue weighted by Gasteiger charge is -2.13. The zero-order chi connectivity index (χ0) is 20.0. The first-order valence-electron chi connectivity index (χ1n) is 7.93. The number of benzene rings is 2. The number of amides is 1. The molecule has 144 valence electrons. The van der Waals surface area contributed by atoms with Crippen LogP contribution in [-0.4, -0.2) is 40.6 Å². The summed E-state index contributed by atoms with van der Waals surface area (Å²) in [5, 5.41) is 2.44. The average molecular weight is 392 g/mol. The zero-order valence-electron chi connectivity index (χ0n) is 15.1. The number of ether oxygens (including phenoxy) is 2. The van der Waals surface area contributed by atoms with E-state index in [0.717, 1.165) is 0 Å². The molecule has 8 nitrogen and oxygen atoms in total. The molecule has 27 heavy (non-hydrogen) atoms. The number of rotatable bonds is 7. The topological polar surface area (TPSA) is 111 Å². The largest absolute Gasteiger partial charge is 0.495 e. The minimum Gasteiger partial charge on any atom is -0.495 e. The third kappa shape index (κ3) is 4.98. The number of carbonyl (C=O) groups is 2. The van der Waals surface area contributed by atoms with Crippen molar-refractivity contribution in [1.29, 1.82) is 0 Å². The van der Waals surface area contributed by atoms with Gasteiger partial charge in [0.05, 0.1) is 24.8 Å². The molecule has 0 saturated heterocycles. The van der Waals surface area contributed by atoms with E-state index in [1.807, 2.05) is 0 Å². The quantitative estimate of drug-likeness (QED) is 0.695. The summed E-state index contributed by atoms with van der Waals surface area (Å²) in [6.07, 6.45) is 0. The lowest BCUT2D eigenvalue weighted by molar-refractivity contribution is -0.142. The van der Waals surface area contributed by atoms with Crippen molar-refractivity contribution in [3.05, 3.63) is 54.1 Å². The Kier molecular flexibility index (Phi) is 6.40. The van der Waals surface area contributed by atoms with E-state index in [0.29, 0.717) is 5.75 Å². The molecular formula is C18H20N2O6S. The van der Waals surface area contributed by atoms with Gasteiger partial charge in [0, 0.05) is 5.56 Å². The Morgan fingerprint density at radius 3 is 2.41 bits per heavy atom. The molecule has 0 radical (unpaired) electrons. The molecule has 0 fully saturated rings. The molecule has 0 saturated carbocycles. The van der Waals surface area contributed by atoms with Crippen molar-refractivity contribution in [2.45, 2.75) is 17.9 Å². The molecular weight excluding hydrogens is 372 g/mol. The van der Waals surface area contributed by atoms with E-state index in [-0.39, 0.29) is 16.1 Å². The maximum absolute atomic E-state index is 12.6. The predicted octanol–water partition coefficient (Wildman–Crippen LogP) is 1.79. The second-order valence-corrected chi connectivity index (χ2v) is 7.23. The first kappa shape index (κ1) is 20.2. The van der Waals surface area contributed by atoms with Gasteiger partial charge in [-0.3, -0.25) is 9.52 Å². The van der Waals surface area contributed by atoms with Crippen molar-refractivity contribution in [3.63, 3.8) is 0 Å². The second kappa shape index (κ2) is 8.54. The molecule has 0 aromatic heterocycles. The van der Waals surface area contributed by atoms with Crippen molar-refractivity contribution in [2.24, 2.45) is 0 Å². The van der Waals surface area contributed by atoms with Gasteiger partial charge in [0.2, 0.25) is 0 Å². The van der Waals surface area contributed by atoms with Gasteiger partial charge in [-0.25, -0.2) is 13.2 Å². The van der Waals surface area contributed by atoms with E-state index in [9.17, 15) is 18.0 Å². The molecule has 0 aliphatic heterocycles. The summed E-state index contributed by atoms with van der Waals surface area (Å²) in [4.78, 5) is 23.6. The summed E-state index contributed by atoms with van der Waals surface area (Å²) >= 11 is 0. The van der Waals surface area contributed by atoms with E-state index in [2.05, 4.69) is 14.8 Å². The summed E-state index contributed by atoms with van der Waals surface area (Å²) < 4.78 is 37.4. The van der Waals surface area contributed by atoms with Crippen LogP contribution in [0, 0.1) is 0 Å². The van der Waals surface area contributed by atoms with Crippen LogP contribution < -0.4 is 14.8 Å². The molecule has 0 bridgehead atoms. The van der Waals surface area contributed by atoms with Crippen molar-refractivity contribution in [3.8, 4) is 5.75 Å². The normalized spacial score (nSPS) is 12.0. The SMILES string of the molecule is COC(=O)[C@H](C)NC(=O)c1cccc(S(=O)(=O)Nc2ccccc2OC)c1. The van der Waals surface area contributed by atoms with Gasteiger partial charge in [-0.15, -0.1) is 0 Å². The molecule has 1 amide bonds. The van der Waals surface area contributed by atoms with Gasteiger partial charge in [0.15, 0.2) is 0 Å². The molecule has 9 heteroatoms. The number of sulfonamides is 1. The molecule has 0 spiro atoms. The smallest absolute Gasteiger partial charge is 0.328 e. The van der Waals surface area contributed by atoms with Gasteiger partial charge in [-0.05, 0) is 37.3 Å². The Hall–Kier alpha value is -3.07. The van der Waals surface area contributed by atoms with E-state index in [1.165, 1.54) is 45.4 Å². The summed E-state index contributed by atoms with van der Waals surface area (Å²) in [7, 11) is -1.31. The zero-order valence-corrected chi connectivity index (χ0v) is 15.9. The third-order valence-corrected chi connectivity index (χ3v) is 5.02. The number of anilines is 1. The van der Waals surface area contributed by atoms with E-state index < -0.39 is 27.9 Å².